The van der Waals surface area contributed by atoms with Gasteiger partial charge in [0.25, 0.3) is 0 Å². The molecule has 1 aromatic rings. The second kappa shape index (κ2) is 5.14. The van der Waals surface area contributed by atoms with E-state index in [2.05, 4.69) is 28.0 Å². The summed E-state index contributed by atoms with van der Waals surface area (Å²) in [6, 6.07) is 6.34. The third-order valence-electron chi connectivity index (χ3n) is 4.22. The fourth-order valence-corrected chi connectivity index (χ4v) is 3.23. The van der Waals surface area contributed by atoms with E-state index in [0.717, 1.165) is 58.2 Å². The molecule has 5 nitrogen and oxygen atoms in total. The quantitative estimate of drug-likeness (QED) is 0.835. The molecule has 0 saturated carbocycles. The van der Waals surface area contributed by atoms with Crippen LogP contribution >= 0.6 is 0 Å². The van der Waals surface area contributed by atoms with Crippen LogP contribution in [-0.2, 0) is 9.47 Å². The van der Waals surface area contributed by atoms with E-state index in [1.54, 1.807) is 0 Å². The first kappa shape index (κ1) is 12.3. The van der Waals surface area contributed by atoms with Crippen molar-refractivity contribution in [2.45, 2.75) is 12.7 Å². The van der Waals surface area contributed by atoms with Crippen molar-refractivity contribution in [2.24, 2.45) is 0 Å². The minimum atomic E-state index is -0.0242. The highest BCUT2D eigenvalue weighted by Gasteiger charge is 2.29. The van der Waals surface area contributed by atoms with Crippen molar-refractivity contribution in [2.75, 3.05) is 55.8 Å². The smallest absolute Gasteiger partial charge is 0.159 e. The first-order chi connectivity index (χ1) is 9.92. The molecule has 0 atom stereocenters. The standard InChI is InChI=1S/C15H20N2O3/c1-2-12-15-13(3-1)18-9-8-17(15)7-6-16(12)5-4-14-19-10-11-20-14/h1-3,14H,4-11H2. The van der Waals surface area contributed by atoms with E-state index in [1.807, 2.05) is 0 Å². The Labute approximate surface area is 119 Å². The Bertz CT molecular complexity index is 488. The number of para-hydroxylation sites is 1. The summed E-state index contributed by atoms with van der Waals surface area (Å²) in [6.45, 7) is 6.34. The van der Waals surface area contributed by atoms with Crippen LogP contribution in [0.2, 0.25) is 0 Å². The normalized spacial score (nSPS) is 21.8. The molecule has 20 heavy (non-hydrogen) atoms. The van der Waals surface area contributed by atoms with Crippen molar-refractivity contribution in [3.63, 3.8) is 0 Å². The lowest BCUT2D eigenvalue weighted by Crippen LogP contribution is -2.45. The van der Waals surface area contributed by atoms with E-state index in [0.29, 0.717) is 0 Å². The molecule has 108 valence electrons. The van der Waals surface area contributed by atoms with Gasteiger partial charge in [-0.05, 0) is 12.1 Å². The van der Waals surface area contributed by atoms with Crippen LogP contribution in [0.1, 0.15) is 6.42 Å². The van der Waals surface area contributed by atoms with Crippen molar-refractivity contribution in [3.8, 4) is 5.75 Å². The zero-order chi connectivity index (χ0) is 13.4. The molecule has 5 heteroatoms. The molecule has 0 aliphatic carbocycles. The van der Waals surface area contributed by atoms with Crippen LogP contribution in [0.4, 0.5) is 11.4 Å². The van der Waals surface area contributed by atoms with Gasteiger partial charge in [-0.2, -0.15) is 0 Å². The average Bonchev–Trinajstić information content (AvgIpc) is 3.00. The highest BCUT2D eigenvalue weighted by molar-refractivity contribution is 5.80. The zero-order valence-electron chi connectivity index (χ0n) is 11.6. The maximum Gasteiger partial charge on any atom is 0.159 e. The van der Waals surface area contributed by atoms with Gasteiger partial charge in [0.1, 0.15) is 18.0 Å². The van der Waals surface area contributed by atoms with Crippen molar-refractivity contribution in [1.29, 1.82) is 0 Å². The van der Waals surface area contributed by atoms with Crippen LogP contribution in [0, 0.1) is 0 Å². The fourth-order valence-electron chi connectivity index (χ4n) is 3.23. The molecule has 3 heterocycles. The van der Waals surface area contributed by atoms with Crippen molar-refractivity contribution in [1.82, 2.24) is 0 Å². The second-order valence-corrected chi connectivity index (χ2v) is 5.41. The Morgan fingerprint density at radius 2 is 1.95 bits per heavy atom. The van der Waals surface area contributed by atoms with Crippen LogP contribution < -0.4 is 14.5 Å². The molecule has 0 amide bonds. The molecule has 3 aliphatic rings. The molecule has 0 spiro atoms. The summed E-state index contributed by atoms with van der Waals surface area (Å²) in [4.78, 5) is 4.86. The number of hydrogen-bond acceptors (Lipinski definition) is 5. The lowest BCUT2D eigenvalue weighted by molar-refractivity contribution is -0.0449. The predicted octanol–water partition coefficient (Wildman–Crippen LogP) is 1.47. The maximum atomic E-state index is 5.78. The van der Waals surface area contributed by atoms with Crippen LogP contribution in [0.3, 0.4) is 0 Å². The Hall–Kier alpha value is -1.46. The summed E-state index contributed by atoms with van der Waals surface area (Å²) in [6.07, 6.45) is 0.897. The molecular weight excluding hydrogens is 256 g/mol. The number of nitrogens with zero attached hydrogens (tertiary/aromatic N) is 2. The average molecular weight is 276 g/mol. The van der Waals surface area contributed by atoms with E-state index in [9.17, 15) is 0 Å². The van der Waals surface area contributed by atoms with Crippen LogP contribution in [0.15, 0.2) is 18.2 Å². The highest BCUT2D eigenvalue weighted by atomic mass is 16.7. The summed E-state index contributed by atoms with van der Waals surface area (Å²) in [5.41, 5.74) is 2.55. The van der Waals surface area contributed by atoms with Gasteiger partial charge in [0.2, 0.25) is 0 Å². The second-order valence-electron chi connectivity index (χ2n) is 5.41. The molecule has 0 radical (unpaired) electrons. The van der Waals surface area contributed by atoms with E-state index in [1.165, 1.54) is 11.4 Å². The molecular formula is C15H20N2O3. The van der Waals surface area contributed by atoms with Gasteiger partial charge in [0, 0.05) is 26.1 Å². The van der Waals surface area contributed by atoms with Gasteiger partial charge in [0.15, 0.2) is 6.29 Å². The molecule has 0 bridgehead atoms. The van der Waals surface area contributed by atoms with Crippen LogP contribution in [0.5, 0.6) is 5.75 Å². The van der Waals surface area contributed by atoms with Crippen LogP contribution in [-0.4, -0.2) is 52.3 Å². The Morgan fingerprint density at radius 3 is 2.85 bits per heavy atom. The summed E-state index contributed by atoms with van der Waals surface area (Å²) >= 11 is 0. The number of benzene rings is 1. The van der Waals surface area contributed by atoms with Gasteiger partial charge >= 0.3 is 0 Å². The first-order valence-corrected chi connectivity index (χ1v) is 7.41. The topological polar surface area (TPSA) is 34.2 Å². The van der Waals surface area contributed by atoms with Gasteiger partial charge in [-0.25, -0.2) is 0 Å². The summed E-state index contributed by atoms with van der Waals surface area (Å²) in [5.74, 6) is 1.02. The van der Waals surface area contributed by atoms with Crippen LogP contribution in [0.25, 0.3) is 0 Å². The van der Waals surface area contributed by atoms with Crippen molar-refractivity contribution < 1.29 is 14.2 Å². The molecule has 0 unspecified atom stereocenters. The molecule has 1 saturated heterocycles. The van der Waals surface area contributed by atoms with Gasteiger partial charge in [-0.3, -0.25) is 0 Å². The Kier molecular flexibility index (Phi) is 3.16. The predicted molar refractivity (Wildman–Crippen MR) is 76.7 cm³/mol. The number of rotatable bonds is 3. The number of ether oxygens (including phenoxy) is 3. The van der Waals surface area contributed by atoms with E-state index < -0.39 is 0 Å². The van der Waals surface area contributed by atoms with E-state index >= 15 is 0 Å². The SMILES string of the molecule is c1cc2c3c(c1)N(CCC1OCCO1)CCN3CCO2. The highest BCUT2D eigenvalue weighted by Crippen LogP contribution is 2.42. The van der Waals surface area contributed by atoms with Gasteiger partial charge in [-0.15, -0.1) is 0 Å². The summed E-state index contributed by atoms with van der Waals surface area (Å²) in [7, 11) is 0. The van der Waals surface area contributed by atoms with Gasteiger partial charge in [0.05, 0.1) is 25.4 Å². The van der Waals surface area contributed by atoms with E-state index in [4.69, 9.17) is 14.2 Å². The number of hydrogen-bond donors (Lipinski definition) is 0. The minimum absolute atomic E-state index is 0.0242. The molecule has 0 N–H and O–H groups in total. The molecule has 3 aliphatic heterocycles. The minimum Gasteiger partial charge on any atom is -0.489 e. The van der Waals surface area contributed by atoms with Gasteiger partial charge < -0.3 is 24.0 Å². The van der Waals surface area contributed by atoms with Crippen molar-refractivity contribution in [3.05, 3.63) is 18.2 Å². The molecule has 4 rings (SSSR count). The summed E-state index contributed by atoms with van der Waals surface area (Å²) in [5, 5.41) is 0. The third-order valence-corrected chi connectivity index (χ3v) is 4.22. The molecule has 1 fully saturated rings. The number of anilines is 2. The first-order valence-electron chi connectivity index (χ1n) is 7.41. The lowest BCUT2D eigenvalue weighted by Gasteiger charge is -2.42. The van der Waals surface area contributed by atoms with Gasteiger partial charge in [-0.1, -0.05) is 6.07 Å². The zero-order valence-corrected chi connectivity index (χ0v) is 11.6. The largest absolute Gasteiger partial charge is 0.489 e. The third kappa shape index (κ3) is 2.11. The Morgan fingerprint density at radius 1 is 1.05 bits per heavy atom. The van der Waals surface area contributed by atoms with Crippen molar-refractivity contribution >= 4 is 11.4 Å². The maximum absolute atomic E-state index is 5.78. The monoisotopic (exact) mass is 276 g/mol. The molecule has 1 aromatic carbocycles. The van der Waals surface area contributed by atoms with E-state index in [-0.39, 0.29) is 6.29 Å². The fraction of sp³-hybridized carbons (Fsp3) is 0.600. The summed E-state index contributed by atoms with van der Waals surface area (Å²) < 4.78 is 16.8. The Balaban J connectivity index is 1.53. The lowest BCUT2D eigenvalue weighted by atomic mass is 10.1. The molecule has 0 aromatic heterocycles.